The molecule has 0 spiro atoms. The van der Waals surface area contributed by atoms with Crippen molar-refractivity contribution >= 4 is 5.97 Å². The molecule has 2 rings (SSSR count). The van der Waals surface area contributed by atoms with E-state index in [9.17, 15) is 9.90 Å². The molecule has 3 N–H and O–H groups in total. The van der Waals surface area contributed by atoms with Gasteiger partial charge in [-0.05, 0) is 5.56 Å². The van der Waals surface area contributed by atoms with Crippen molar-refractivity contribution in [1.29, 1.82) is 0 Å². The summed E-state index contributed by atoms with van der Waals surface area (Å²) in [5.74, 6) is -2.23. The Morgan fingerprint density at radius 1 is 1.22 bits per heavy atom. The summed E-state index contributed by atoms with van der Waals surface area (Å²) in [6.45, 7) is 0.0382. The molecule has 0 fully saturated rings. The van der Waals surface area contributed by atoms with Gasteiger partial charge in [0.15, 0.2) is 0 Å². The first-order valence-electron chi connectivity index (χ1n) is 5.13. The number of hydrogen-bond acceptors (Lipinski definition) is 5. The highest BCUT2D eigenvalue weighted by atomic mass is 16.5. The minimum atomic E-state index is -0.834. The molecule has 0 aliphatic heterocycles. The molecule has 1 aromatic carbocycles. The van der Waals surface area contributed by atoms with Gasteiger partial charge in [0.1, 0.15) is 12.2 Å². The van der Waals surface area contributed by atoms with Crippen molar-refractivity contribution in [1.82, 2.24) is 4.73 Å². The van der Waals surface area contributed by atoms with Crippen LogP contribution in [0.3, 0.4) is 0 Å². The summed E-state index contributed by atoms with van der Waals surface area (Å²) in [6, 6.07) is 9.92. The van der Waals surface area contributed by atoms with Gasteiger partial charge in [-0.15, -0.1) is 4.73 Å². The molecule has 0 atom stereocenters. The largest absolute Gasteiger partial charge is 0.492 e. The van der Waals surface area contributed by atoms with Crippen molar-refractivity contribution in [2.45, 2.75) is 6.61 Å². The number of aromatic nitrogens is 1. The molecule has 1 heterocycles. The molecule has 0 aliphatic carbocycles. The fraction of sp³-hybridized carbons (Fsp3) is 0.0833. The standard InChI is InChI=1S/C12H11NO5/c14-10-6-9(11(15)13(10)17)12(16)18-7-8-4-2-1-3-5-8/h1-6,14-15,17H,7H2. The summed E-state index contributed by atoms with van der Waals surface area (Å²) in [4.78, 5) is 11.6. The maximum absolute atomic E-state index is 11.6. The monoisotopic (exact) mass is 249 g/mol. The lowest BCUT2D eigenvalue weighted by molar-refractivity contribution is 0.0464. The van der Waals surface area contributed by atoms with E-state index in [-0.39, 0.29) is 16.9 Å². The Morgan fingerprint density at radius 3 is 2.44 bits per heavy atom. The van der Waals surface area contributed by atoms with Gasteiger partial charge in [-0.25, -0.2) is 4.79 Å². The van der Waals surface area contributed by atoms with E-state index in [2.05, 4.69) is 0 Å². The van der Waals surface area contributed by atoms with Crippen LogP contribution in [0.5, 0.6) is 11.8 Å². The molecule has 1 aromatic heterocycles. The second-order valence-corrected chi connectivity index (χ2v) is 3.61. The third-order valence-corrected chi connectivity index (χ3v) is 2.36. The lowest BCUT2D eigenvalue weighted by Crippen LogP contribution is -2.04. The first-order valence-corrected chi connectivity index (χ1v) is 5.13. The van der Waals surface area contributed by atoms with Crippen molar-refractivity contribution in [3.8, 4) is 11.8 Å². The summed E-state index contributed by atoms with van der Waals surface area (Å²) in [7, 11) is 0. The predicted octanol–water partition coefficient (Wildman–Crippen LogP) is 1.49. The normalized spacial score (nSPS) is 10.2. The average molecular weight is 249 g/mol. The fourth-order valence-corrected chi connectivity index (χ4v) is 1.43. The van der Waals surface area contributed by atoms with E-state index in [1.54, 1.807) is 24.3 Å². The smallest absolute Gasteiger partial charge is 0.344 e. The van der Waals surface area contributed by atoms with E-state index in [4.69, 9.17) is 15.1 Å². The number of rotatable bonds is 3. The van der Waals surface area contributed by atoms with Crippen LogP contribution in [0.2, 0.25) is 0 Å². The Bertz CT molecular complexity index is 561. The molecular formula is C12H11NO5. The fourth-order valence-electron chi connectivity index (χ4n) is 1.43. The van der Waals surface area contributed by atoms with Crippen LogP contribution in [0.4, 0.5) is 0 Å². The Labute approximate surface area is 102 Å². The van der Waals surface area contributed by atoms with E-state index in [0.29, 0.717) is 0 Å². The summed E-state index contributed by atoms with van der Waals surface area (Å²) < 4.78 is 5.03. The van der Waals surface area contributed by atoms with Gasteiger partial charge in [0.05, 0.1) is 0 Å². The summed E-state index contributed by atoms with van der Waals surface area (Å²) in [5.41, 5.74) is 0.490. The molecule has 94 valence electrons. The van der Waals surface area contributed by atoms with Crippen molar-refractivity contribution < 1.29 is 25.0 Å². The maximum Gasteiger partial charge on any atom is 0.344 e. The number of ether oxygens (including phenoxy) is 1. The van der Waals surface area contributed by atoms with E-state index < -0.39 is 17.7 Å². The number of nitrogens with zero attached hydrogens (tertiary/aromatic N) is 1. The van der Waals surface area contributed by atoms with E-state index >= 15 is 0 Å². The average Bonchev–Trinajstić information content (AvgIpc) is 2.65. The highest BCUT2D eigenvalue weighted by Crippen LogP contribution is 2.26. The van der Waals surface area contributed by atoms with Crippen LogP contribution >= 0.6 is 0 Å². The van der Waals surface area contributed by atoms with E-state index in [1.807, 2.05) is 6.07 Å². The zero-order valence-electron chi connectivity index (χ0n) is 9.28. The van der Waals surface area contributed by atoms with Crippen LogP contribution in [-0.4, -0.2) is 26.1 Å². The molecule has 6 nitrogen and oxygen atoms in total. The molecular weight excluding hydrogens is 238 g/mol. The third-order valence-electron chi connectivity index (χ3n) is 2.36. The Morgan fingerprint density at radius 2 is 1.89 bits per heavy atom. The molecule has 2 aromatic rings. The van der Waals surface area contributed by atoms with Gasteiger partial charge < -0.3 is 20.2 Å². The van der Waals surface area contributed by atoms with Gasteiger partial charge in [0, 0.05) is 6.07 Å². The van der Waals surface area contributed by atoms with Crippen LogP contribution in [0.25, 0.3) is 0 Å². The van der Waals surface area contributed by atoms with Crippen LogP contribution in [0.15, 0.2) is 36.4 Å². The van der Waals surface area contributed by atoms with Gasteiger partial charge in [-0.3, -0.25) is 0 Å². The van der Waals surface area contributed by atoms with Crippen molar-refractivity contribution in [3.63, 3.8) is 0 Å². The molecule has 0 saturated carbocycles. The number of hydrogen-bond donors (Lipinski definition) is 3. The van der Waals surface area contributed by atoms with Gasteiger partial charge in [-0.1, -0.05) is 30.3 Å². The predicted molar refractivity (Wildman–Crippen MR) is 60.5 cm³/mol. The Hall–Kier alpha value is -2.63. The molecule has 0 bridgehead atoms. The molecule has 0 aliphatic rings. The number of esters is 1. The molecule has 0 radical (unpaired) electrons. The van der Waals surface area contributed by atoms with Crippen molar-refractivity contribution in [3.05, 3.63) is 47.5 Å². The first-order chi connectivity index (χ1) is 8.59. The minimum Gasteiger partial charge on any atom is -0.492 e. The molecule has 0 saturated heterocycles. The first kappa shape index (κ1) is 11.8. The molecule has 0 unspecified atom stereocenters. The van der Waals surface area contributed by atoms with Crippen LogP contribution < -0.4 is 0 Å². The minimum absolute atomic E-state index is 0.0382. The number of carbonyl (C=O) groups is 1. The van der Waals surface area contributed by atoms with Crippen molar-refractivity contribution in [2.75, 3.05) is 0 Å². The van der Waals surface area contributed by atoms with Crippen molar-refractivity contribution in [2.24, 2.45) is 0 Å². The van der Waals surface area contributed by atoms with Crippen LogP contribution in [0.1, 0.15) is 15.9 Å². The third kappa shape index (κ3) is 2.22. The topological polar surface area (TPSA) is 91.9 Å². The Balaban J connectivity index is 2.06. The highest BCUT2D eigenvalue weighted by molar-refractivity contribution is 5.92. The lowest BCUT2D eigenvalue weighted by Gasteiger charge is -2.03. The second kappa shape index (κ2) is 4.70. The van der Waals surface area contributed by atoms with Crippen LogP contribution in [-0.2, 0) is 11.3 Å². The van der Waals surface area contributed by atoms with Gasteiger partial charge >= 0.3 is 5.97 Å². The van der Waals surface area contributed by atoms with E-state index in [0.717, 1.165) is 11.6 Å². The Kier molecular flexibility index (Phi) is 3.09. The molecule has 0 amide bonds. The van der Waals surface area contributed by atoms with Gasteiger partial charge in [-0.2, -0.15) is 0 Å². The zero-order valence-corrected chi connectivity index (χ0v) is 9.28. The summed E-state index contributed by atoms with van der Waals surface area (Å²) >= 11 is 0. The van der Waals surface area contributed by atoms with Crippen LogP contribution in [0, 0.1) is 0 Å². The maximum atomic E-state index is 11.6. The highest BCUT2D eigenvalue weighted by Gasteiger charge is 2.20. The van der Waals surface area contributed by atoms with E-state index in [1.165, 1.54) is 0 Å². The SMILES string of the molecule is O=C(OCc1ccccc1)c1cc(O)n(O)c1O. The lowest BCUT2D eigenvalue weighted by atomic mass is 10.2. The summed E-state index contributed by atoms with van der Waals surface area (Å²) in [6.07, 6.45) is 0. The summed E-state index contributed by atoms with van der Waals surface area (Å²) in [5, 5.41) is 27.5. The quantitative estimate of drug-likeness (QED) is 0.566. The molecule has 6 heteroatoms. The number of benzene rings is 1. The van der Waals surface area contributed by atoms with Gasteiger partial charge in [0.25, 0.3) is 0 Å². The molecule has 18 heavy (non-hydrogen) atoms. The number of carbonyl (C=O) groups excluding carboxylic acids is 1. The van der Waals surface area contributed by atoms with Gasteiger partial charge in [0.2, 0.25) is 11.8 Å². The number of aromatic hydroxyl groups is 2. The zero-order chi connectivity index (χ0) is 13.1. The second-order valence-electron chi connectivity index (χ2n) is 3.61.